The summed E-state index contributed by atoms with van der Waals surface area (Å²) in [5, 5.41) is 0. The fraction of sp³-hybridized carbons (Fsp3) is 0.0952. The molecule has 0 bridgehead atoms. The fourth-order valence-corrected chi connectivity index (χ4v) is 4.06. The van der Waals surface area contributed by atoms with Crippen molar-refractivity contribution in [2.45, 2.75) is 6.04 Å². The molecule has 10 nitrogen and oxygen atoms in total. The number of aromatic amines is 1. The van der Waals surface area contributed by atoms with Gasteiger partial charge in [-0.15, -0.1) is 0 Å². The SMILES string of the molecule is NC(=O)c1nc(-n2cnc3ccc(F)cc32)nc2c1[nH]c(=O)n2C1COc2ccccc21. The Balaban J connectivity index is 1.64. The number of imidazole rings is 2. The molecule has 0 radical (unpaired) electrons. The first kappa shape index (κ1) is 18.2. The minimum absolute atomic E-state index is 0.0272. The van der Waals surface area contributed by atoms with Crippen LogP contribution >= 0.6 is 0 Å². The molecule has 0 saturated carbocycles. The highest BCUT2D eigenvalue weighted by atomic mass is 19.1. The van der Waals surface area contributed by atoms with Gasteiger partial charge in [0.1, 0.15) is 36.1 Å². The Hall–Kier alpha value is -4.54. The van der Waals surface area contributed by atoms with Crippen LogP contribution in [0.25, 0.3) is 28.1 Å². The number of rotatable bonds is 3. The summed E-state index contributed by atoms with van der Waals surface area (Å²) in [5.41, 5.74) is 6.93. The quantitative estimate of drug-likeness (QED) is 0.446. The number of fused-ring (bicyclic) bond motifs is 3. The molecule has 4 heterocycles. The Morgan fingerprint density at radius 2 is 2.06 bits per heavy atom. The summed E-state index contributed by atoms with van der Waals surface area (Å²) in [7, 11) is 0. The summed E-state index contributed by atoms with van der Waals surface area (Å²) in [6.07, 6.45) is 1.42. The third-order valence-electron chi connectivity index (χ3n) is 5.50. The number of H-pyrrole nitrogens is 1. The number of carbonyl (C=O) groups excluding carboxylic acids is 1. The molecule has 1 atom stereocenters. The van der Waals surface area contributed by atoms with E-state index in [0.29, 0.717) is 16.8 Å². The summed E-state index contributed by atoms with van der Waals surface area (Å²) >= 11 is 0. The van der Waals surface area contributed by atoms with E-state index in [4.69, 9.17) is 10.5 Å². The minimum Gasteiger partial charge on any atom is -0.491 e. The smallest absolute Gasteiger partial charge is 0.328 e. The van der Waals surface area contributed by atoms with Crippen LogP contribution in [0.2, 0.25) is 0 Å². The number of carbonyl (C=O) groups is 1. The fourth-order valence-electron chi connectivity index (χ4n) is 4.06. The number of primary amides is 1. The van der Waals surface area contributed by atoms with Crippen molar-refractivity contribution in [1.29, 1.82) is 0 Å². The monoisotopic (exact) mass is 431 g/mol. The van der Waals surface area contributed by atoms with E-state index in [-0.39, 0.29) is 29.4 Å². The first-order valence-corrected chi connectivity index (χ1v) is 9.68. The van der Waals surface area contributed by atoms with Gasteiger partial charge >= 0.3 is 5.69 Å². The van der Waals surface area contributed by atoms with Gasteiger partial charge in [-0.05, 0) is 18.2 Å². The molecule has 0 aliphatic carbocycles. The predicted molar refractivity (Wildman–Crippen MR) is 111 cm³/mol. The van der Waals surface area contributed by atoms with Gasteiger partial charge in [-0.3, -0.25) is 13.9 Å². The molecule has 158 valence electrons. The van der Waals surface area contributed by atoms with Crippen LogP contribution in [-0.4, -0.2) is 41.6 Å². The number of benzene rings is 2. The zero-order valence-corrected chi connectivity index (χ0v) is 16.3. The number of nitrogens with one attached hydrogen (secondary N) is 1. The van der Waals surface area contributed by atoms with E-state index in [2.05, 4.69) is 19.9 Å². The van der Waals surface area contributed by atoms with Crippen LogP contribution in [0.1, 0.15) is 22.1 Å². The second kappa shape index (κ2) is 6.48. The molecule has 11 heteroatoms. The van der Waals surface area contributed by atoms with Gasteiger partial charge in [-0.25, -0.2) is 19.2 Å². The molecule has 1 amide bonds. The van der Waals surface area contributed by atoms with E-state index in [1.54, 1.807) is 0 Å². The maximum Gasteiger partial charge on any atom is 0.328 e. The lowest BCUT2D eigenvalue weighted by Gasteiger charge is -2.12. The summed E-state index contributed by atoms with van der Waals surface area (Å²) in [6, 6.07) is 11.0. The Labute approximate surface area is 178 Å². The third-order valence-corrected chi connectivity index (χ3v) is 5.50. The van der Waals surface area contributed by atoms with E-state index >= 15 is 0 Å². The normalized spacial score (nSPS) is 15.2. The van der Waals surface area contributed by atoms with Crippen LogP contribution in [0, 0.1) is 5.82 Å². The number of para-hydroxylation sites is 1. The van der Waals surface area contributed by atoms with Crippen molar-refractivity contribution >= 4 is 28.1 Å². The minimum atomic E-state index is -0.842. The molecule has 2 aromatic carbocycles. The van der Waals surface area contributed by atoms with Crippen molar-refractivity contribution in [3.8, 4) is 11.7 Å². The Kier molecular flexibility index (Phi) is 3.69. The van der Waals surface area contributed by atoms with E-state index in [9.17, 15) is 14.0 Å². The molecular formula is C21H14FN7O3. The van der Waals surface area contributed by atoms with Gasteiger partial charge in [0.25, 0.3) is 5.91 Å². The van der Waals surface area contributed by atoms with Gasteiger partial charge in [0, 0.05) is 11.6 Å². The molecule has 32 heavy (non-hydrogen) atoms. The van der Waals surface area contributed by atoms with Crippen LogP contribution in [0.15, 0.2) is 53.6 Å². The van der Waals surface area contributed by atoms with Crippen molar-refractivity contribution in [3.05, 3.63) is 76.4 Å². The lowest BCUT2D eigenvalue weighted by molar-refractivity contribution is 0.0997. The number of aromatic nitrogens is 6. The second-order valence-corrected chi connectivity index (χ2v) is 7.35. The summed E-state index contributed by atoms with van der Waals surface area (Å²) < 4.78 is 22.4. The highest BCUT2D eigenvalue weighted by Crippen LogP contribution is 2.35. The van der Waals surface area contributed by atoms with Crippen molar-refractivity contribution in [3.63, 3.8) is 0 Å². The van der Waals surface area contributed by atoms with Gasteiger partial charge in [-0.1, -0.05) is 18.2 Å². The van der Waals surface area contributed by atoms with Crippen molar-refractivity contribution in [2.24, 2.45) is 5.73 Å². The van der Waals surface area contributed by atoms with E-state index < -0.39 is 23.5 Å². The molecule has 3 N–H and O–H groups in total. The van der Waals surface area contributed by atoms with Crippen LogP contribution < -0.4 is 16.2 Å². The van der Waals surface area contributed by atoms with E-state index in [0.717, 1.165) is 5.56 Å². The number of nitrogens with zero attached hydrogens (tertiary/aromatic N) is 5. The van der Waals surface area contributed by atoms with Crippen molar-refractivity contribution in [1.82, 2.24) is 29.1 Å². The maximum absolute atomic E-state index is 13.9. The van der Waals surface area contributed by atoms with E-state index in [1.807, 2.05) is 24.3 Å². The Morgan fingerprint density at radius 3 is 2.91 bits per heavy atom. The molecular weight excluding hydrogens is 417 g/mol. The average Bonchev–Trinajstić information content (AvgIpc) is 3.47. The maximum atomic E-state index is 13.9. The van der Waals surface area contributed by atoms with Crippen LogP contribution in [0.4, 0.5) is 4.39 Å². The van der Waals surface area contributed by atoms with Crippen molar-refractivity contribution in [2.75, 3.05) is 6.61 Å². The second-order valence-electron chi connectivity index (χ2n) is 7.35. The lowest BCUT2D eigenvalue weighted by atomic mass is 10.1. The number of halogens is 1. The lowest BCUT2D eigenvalue weighted by Crippen LogP contribution is -2.24. The van der Waals surface area contributed by atoms with Crippen LogP contribution in [0.3, 0.4) is 0 Å². The van der Waals surface area contributed by atoms with Gasteiger partial charge in [0.15, 0.2) is 11.3 Å². The molecule has 0 saturated heterocycles. The first-order chi connectivity index (χ1) is 15.5. The number of hydrogen-bond acceptors (Lipinski definition) is 6. The molecule has 3 aromatic heterocycles. The highest BCUT2D eigenvalue weighted by Gasteiger charge is 2.30. The molecule has 5 aromatic rings. The zero-order valence-electron chi connectivity index (χ0n) is 16.3. The number of ether oxygens (including phenoxy) is 1. The number of hydrogen-bond donors (Lipinski definition) is 2. The molecule has 1 unspecified atom stereocenters. The van der Waals surface area contributed by atoms with Gasteiger partial charge in [0.05, 0.1) is 11.0 Å². The molecule has 1 aliphatic rings. The van der Waals surface area contributed by atoms with E-state index in [1.165, 1.54) is 33.7 Å². The van der Waals surface area contributed by atoms with Gasteiger partial charge < -0.3 is 15.5 Å². The summed E-state index contributed by atoms with van der Waals surface area (Å²) in [4.78, 5) is 40.8. The summed E-state index contributed by atoms with van der Waals surface area (Å²) in [5.74, 6) is -0.613. The van der Waals surface area contributed by atoms with Crippen molar-refractivity contribution < 1.29 is 13.9 Å². The first-order valence-electron chi connectivity index (χ1n) is 9.68. The third kappa shape index (κ3) is 2.54. The zero-order chi connectivity index (χ0) is 22.0. The number of nitrogens with two attached hydrogens (primary N) is 1. The van der Waals surface area contributed by atoms with Gasteiger partial charge in [0.2, 0.25) is 5.95 Å². The summed E-state index contributed by atoms with van der Waals surface area (Å²) in [6.45, 7) is 0.219. The number of amides is 1. The molecule has 6 rings (SSSR count). The van der Waals surface area contributed by atoms with Gasteiger partial charge in [-0.2, -0.15) is 4.98 Å². The average molecular weight is 431 g/mol. The Bertz CT molecular complexity index is 1620. The Morgan fingerprint density at radius 1 is 1.22 bits per heavy atom. The predicted octanol–water partition coefficient (Wildman–Crippen LogP) is 1.68. The molecule has 1 aliphatic heterocycles. The largest absolute Gasteiger partial charge is 0.491 e. The molecule has 0 spiro atoms. The molecule has 0 fully saturated rings. The standard InChI is InChI=1S/C21H14FN7O3/c22-10-5-6-12-13(7-10)28(9-24-12)20-25-16(18(23)30)17-19(27-20)29(21(31)26-17)14-8-32-15-4-2-1-3-11(14)15/h1-7,9,14H,8H2,(H2,23,30)(H,26,31). The topological polar surface area (TPSA) is 134 Å². The van der Waals surface area contributed by atoms with Crippen LogP contribution in [0.5, 0.6) is 5.75 Å². The van der Waals surface area contributed by atoms with Crippen LogP contribution in [-0.2, 0) is 0 Å². The highest BCUT2D eigenvalue weighted by molar-refractivity contribution is 6.01.